The second kappa shape index (κ2) is 10.4. The van der Waals surface area contributed by atoms with Crippen LogP contribution in [0, 0.1) is 5.92 Å². The van der Waals surface area contributed by atoms with Gasteiger partial charge in [-0.2, -0.15) is 0 Å². The van der Waals surface area contributed by atoms with E-state index < -0.39 is 0 Å². The molecule has 3 nitrogen and oxygen atoms in total. The molecule has 0 aromatic carbocycles. The molecular formula is C15H27Cl2N3. The van der Waals surface area contributed by atoms with E-state index in [4.69, 9.17) is 0 Å². The maximum atomic E-state index is 4.14. The summed E-state index contributed by atoms with van der Waals surface area (Å²) < 4.78 is 0. The zero-order valence-electron chi connectivity index (χ0n) is 12.4. The molecule has 0 radical (unpaired) electrons. The van der Waals surface area contributed by atoms with E-state index in [1.54, 1.807) is 0 Å². The third kappa shape index (κ3) is 5.96. The van der Waals surface area contributed by atoms with Crippen molar-refractivity contribution in [3.63, 3.8) is 0 Å². The van der Waals surface area contributed by atoms with Crippen molar-refractivity contribution in [3.05, 3.63) is 30.1 Å². The summed E-state index contributed by atoms with van der Waals surface area (Å²) in [4.78, 5) is 6.76. The minimum absolute atomic E-state index is 0. The Bertz CT molecular complexity index is 340. The first-order chi connectivity index (χ1) is 8.77. The number of nitrogens with one attached hydrogen (secondary N) is 1. The van der Waals surface area contributed by atoms with Crippen molar-refractivity contribution in [1.29, 1.82) is 0 Å². The van der Waals surface area contributed by atoms with Crippen molar-refractivity contribution < 1.29 is 0 Å². The zero-order chi connectivity index (χ0) is 12.8. The topological polar surface area (TPSA) is 28.2 Å². The van der Waals surface area contributed by atoms with Crippen molar-refractivity contribution in [2.45, 2.75) is 32.7 Å². The number of rotatable bonds is 5. The highest BCUT2D eigenvalue weighted by Crippen LogP contribution is 2.27. The van der Waals surface area contributed by atoms with Crippen molar-refractivity contribution in [2.24, 2.45) is 5.92 Å². The molecule has 20 heavy (non-hydrogen) atoms. The molecule has 0 bridgehead atoms. The van der Waals surface area contributed by atoms with Crippen LogP contribution in [-0.2, 0) is 0 Å². The van der Waals surface area contributed by atoms with E-state index >= 15 is 0 Å². The highest BCUT2D eigenvalue weighted by atomic mass is 35.5. The molecule has 2 heterocycles. The van der Waals surface area contributed by atoms with Gasteiger partial charge in [0.05, 0.1) is 0 Å². The van der Waals surface area contributed by atoms with Gasteiger partial charge in [0.1, 0.15) is 0 Å². The lowest BCUT2D eigenvalue weighted by Gasteiger charge is -2.35. The molecule has 0 amide bonds. The van der Waals surface area contributed by atoms with E-state index in [9.17, 15) is 0 Å². The molecule has 1 N–H and O–H groups in total. The molecule has 0 saturated carbocycles. The van der Waals surface area contributed by atoms with Crippen LogP contribution in [0.2, 0.25) is 0 Å². The van der Waals surface area contributed by atoms with E-state index in [0.717, 1.165) is 32.1 Å². The first-order valence-corrected chi connectivity index (χ1v) is 7.12. The normalized spacial score (nSPS) is 17.1. The van der Waals surface area contributed by atoms with Crippen molar-refractivity contribution in [2.75, 3.05) is 26.2 Å². The molecule has 0 aliphatic carbocycles. The van der Waals surface area contributed by atoms with Crippen LogP contribution >= 0.6 is 24.8 Å². The number of halogens is 2. The zero-order valence-corrected chi connectivity index (χ0v) is 14.1. The molecule has 1 saturated heterocycles. The highest BCUT2D eigenvalue weighted by molar-refractivity contribution is 5.85. The van der Waals surface area contributed by atoms with Crippen LogP contribution in [0.5, 0.6) is 0 Å². The van der Waals surface area contributed by atoms with E-state index in [2.05, 4.69) is 41.2 Å². The molecule has 1 aliphatic rings. The van der Waals surface area contributed by atoms with Gasteiger partial charge >= 0.3 is 0 Å². The molecule has 5 heteroatoms. The minimum Gasteiger partial charge on any atom is -0.314 e. The van der Waals surface area contributed by atoms with Gasteiger partial charge in [0.15, 0.2) is 0 Å². The summed E-state index contributed by atoms with van der Waals surface area (Å²) in [5.74, 6) is 0.775. The van der Waals surface area contributed by atoms with E-state index in [-0.39, 0.29) is 24.8 Å². The van der Waals surface area contributed by atoms with Crippen LogP contribution in [0.15, 0.2) is 24.5 Å². The van der Waals surface area contributed by atoms with Crippen LogP contribution in [0.1, 0.15) is 38.3 Å². The predicted octanol–water partition coefficient (Wildman–Crippen LogP) is 3.31. The molecule has 1 aliphatic heterocycles. The summed E-state index contributed by atoms with van der Waals surface area (Å²) in [5, 5.41) is 3.43. The SMILES string of the molecule is CC(C)CC[C@H](c1ccncc1)N1CCNCC1.Cl.Cl. The van der Waals surface area contributed by atoms with E-state index in [0.29, 0.717) is 6.04 Å². The number of aromatic nitrogens is 1. The van der Waals surface area contributed by atoms with Crippen LogP contribution in [0.25, 0.3) is 0 Å². The van der Waals surface area contributed by atoms with Crippen LogP contribution in [-0.4, -0.2) is 36.1 Å². The highest BCUT2D eigenvalue weighted by Gasteiger charge is 2.21. The molecule has 1 aromatic rings. The Kier molecular flexibility index (Phi) is 10.2. The molecular weight excluding hydrogens is 293 g/mol. The summed E-state index contributed by atoms with van der Waals surface area (Å²) in [6, 6.07) is 4.91. The third-order valence-corrected chi connectivity index (χ3v) is 3.70. The Morgan fingerprint density at radius 3 is 2.25 bits per heavy atom. The average molecular weight is 320 g/mol. The van der Waals surface area contributed by atoms with Gasteiger partial charge in [0.25, 0.3) is 0 Å². The summed E-state index contributed by atoms with van der Waals surface area (Å²) >= 11 is 0. The lowest BCUT2D eigenvalue weighted by atomic mass is 9.96. The van der Waals surface area contributed by atoms with Gasteiger partial charge in [0.2, 0.25) is 0 Å². The lowest BCUT2D eigenvalue weighted by Crippen LogP contribution is -2.45. The summed E-state index contributed by atoms with van der Waals surface area (Å²) in [6.07, 6.45) is 6.37. The van der Waals surface area contributed by atoms with Gasteiger partial charge in [-0.1, -0.05) is 13.8 Å². The fourth-order valence-corrected chi connectivity index (χ4v) is 2.63. The van der Waals surface area contributed by atoms with Crippen LogP contribution in [0.3, 0.4) is 0 Å². The molecule has 0 spiro atoms. The predicted molar refractivity (Wildman–Crippen MR) is 90.0 cm³/mol. The summed E-state index contributed by atoms with van der Waals surface area (Å²) in [6.45, 7) is 9.16. The number of hydrogen-bond donors (Lipinski definition) is 1. The first kappa shape index (κ1) is 19.7. The largest absolute Gasteiger partial charge is 0.314 e. The van der Waals surface area contributed by atoms with E-state index in [1.165, 1.54) is 18.4 Å². The summed E-state index contributed by atoms with van der Waals surface area (Å²) in [5.41, 5.74) is 1.42. The molecule has 116 valence electrons. The first-order valence-electron chi connectivity index (χ1n) is 7.12. The Labute approximate surface area is 135 Å². The van der Waals surface area contributed by atoms with Gasteiger partial charge in [-0.15, -0.1) is 24.8 Å². The van der Waals surface area contributed by atoms with Gasteiger partial charge in [0, 0.05) is 44.6 Å². The fraction of sp³-hybridized carbons (Fsp3) is 0.667. The standard InChI is InChI=1S/C15H25N3.2ClH/c1-13(2)3-4-15(14-5-7-16-8-6-14)18-11-9-17-10-12-18;;/h5-8,13,15,17H,3-4,9-12H2,1-2H3;2*1H/t15-;;/m1../s1. The smallest absolute Gasteiger partial charge is 0.0350 e. The molecule has 0 unspecified atom stereocenters. The number of hydrogen-bond acceptors (Lipinski definition) is 3. The minimum atomic E-state index is 0. The lowest BCUT2D eigenvalue weighted by molar-refractivity contribution is 0.159. The molecule has 1 atom stereocenters. The van der Waals surface area contributed by atoms with Gasteiger partial charge in [-0.3, -0.25) is 9.88 Å². The molecule has 1 aromatic heterocycles. The number of pyridine rings is 1. The average Bonchev–Trinajstić information content (AvgIpc) is 2.41. The quantitative estimate of drug-likeness (QED) is 0.902. The molecule has 2 rings (SSSR count). The Morgan fingerprint density at radius 1 is 1.10 bits per heavy atom. The fourth-order valence-electron chi connectivity index (χ4n) is 2.63. The second-order valence-corrected chi connectivity index (χ2v) is 5.55. The van der Waals surface area contributed by atoms with Gasteiger partial charge < -0.3 is 5.32 Å². The van der Waals surface area contributed by atoms with Crippen LogP contribution < -0.4 is 5.32 Å². The molecule has 1 fully saturated rings. The Morgan fingerprint density at radius 2 is 1.70 bits per heavy atom. The van der Waals surface area contributed by atoms with Gasteiger partial charge in [-0.05, 0) is 36.5 Å². The van der Waals surface area contributed by atoms with Crippen molar-refractivity contribution in [3.8, 4) is 0 Å². The Balaban J connectivity index is 0.00000180. The van der Waals surface area contributed by atoms with Crippen molar-refractivity contribution in [1.82, 2.24) is 15.2 Å². The van der Waals surface area contributed by atoms with Gasteiger partial charge in [-0.25, -0.2) is 0 Å². The second-order valence-electron chi connectivity index (χ2n) is 5.55. The third-order valence-electron chi connectivity index (χ3n) is 3.70. The summed E-state index contributed by atoms with van der Waals surface area (Å²) in [7, 11) is 0. The van der Waals surface area contributed by atoms with Crippen molar-refractivity contribution >= 4 is 24.8 Å². The van der Waals surface area contributed by atoms with Crippen LogP contribution in [0.4, 0.5) is 0 Å². The maximum absolute atomic E-state index is 4.14. The van der Waals surface area contributed by atoms with E-state index in [1.807, 2.05) is 12.4 Å². The monoisotopic (exact) mass is 319 g/mol. The maximum Gasteiger partial charge on any atom is 0.0350 e. The number of piperazine rings is 1. The Hall–Kier alpha value is -0.350. The number of nitrogens with zero attached hydrogens (tertiary/aromatic N) is 2.